The fraction of sp³-hybridized carbons (Fsp3) is 0.412. The zero-order valence-electron chi connectivity index (χ0n) is 13.8. The molecule has 0 radical (unpaired) electrons. The summed E-state index contributed by atoms with van der Waals surface area (Å²) in [5.41, 5.74) is 1.46. The number of rotatable bonds is 4. The van der Waals surface area contributed by atoms with Gasteiger partial charge in [0.05, 0.1) is 17.7 Å². The molecule has 1 aromatic carbocycles. The highest BCUT2D eigenvalue weighted by atomic mass is 35.5. The van der Waals surface area contributed by atoms with Crippen molar-refractivity contribution in [3.05, 3.63) is 52.4 Å². The van der Waals surface area contributed by atoms with Crippen molar-refractivity contribution in [2.45, 2.75) is 25.3 Å². The van der Waals surface area contributed by atoms with Crippen LogP contribution in [0.25, 0.3) is 0 Å². The van der Waals surface area contributed by atoms with Crippen LogP contribution in [0.3, 0.4) is 0 Å². The van der Waals surface area contributed by atoms with Gasteiger partial charge in [-0.15, -0.1) is 0 Å². The molecule has 7 heteroatoms. The lowest BCUT2D eigenvalue weighted by atomic mass is 10.2. The van der Waals surface area contributed by atoms with Crippen molar-refractivity contribution in [3.8, 4) is 0 Å². The van der Waals surface area contributed by atoms with Gasteiger partial charge in [-0.2, -0.15) is 4.31 Å². The standard InChI is InChI=1S/C17H21ClN2O3S/c1-13-11-17(14(2)10-16(13)18)24(21,22)20-7-5-19(6-8-20)12-15-4-3-9-23-15/h3-4,9-11H,5-8,12H2,1-2H3. The van der Waals surface area contributed by atoms with Crippen molar-refractivity contribution in [3.63, 3.8) is 0 Å². The van der Waals surface area contributed by atoms with E-state index in [2.05, 4.69) is 4.90 Å². The Balaban J connectivity index is 1.72. The number of hydrogen-bond acceptors (Lipinski definition) is 4. The van der Waals surface area contributed by atoms with Gasteiger partial charge in [0.2, 0.25) is 10.0 Å². The van der Waals surface area contributed by atoms with E-state index >= 15 is 0 Å². The zero-order chi connectivity index (χ0) is 17.3. The summed E-state index contributed by atoms with van der Waals surface area (Å²) < 4.78 is 32.8. The molecule has 0 amide bonds. The highest BCUT2D eigenvalue weighted by Crippen LogP contribution is 2.27. The number of sulfonamides is 1. The summed E-state index contributed by atoms with van der Waals surface area (Å²) >= 11 is 6.08. The third-order valence-corrected chi connectivity index (χ3v) is 6.81. The van der Waals surface area contributed by atoms with E-state index in [0.29, 0.717) is 48.2 Å². The molecule has 0 N–H and O–H groups in total. The molecule has 2 aromatic rings. The average molecular weight is 369 g/mol. The van der Waals surface area contributed by atoms with E-state index in [-0.39, 0.29) is 0 Å². The molecule has 1 aliphatic rings. The molecule has 5 nitrogen and oxygen atoms in total. The van der Waals surface area contributed by atoms with Gasteiger partial charge < -0.3 is 4.42 Å². The maximum Gasteiger partial charge on any atom is 0.243 e. The Morgan fingerprint density at radius 3 is 2.46 bits per heavy atom. The zero-order valence-corrected chi connectivity index (χ0v) is 15.4. The number of piperazine rings is 1. The number of halogens is 1. The smallest absolute Gasteiger partial charge is 0.243 e. The maximum atomic E-state index is 12.9. The van der Waals surface area contributed by atoms with Gasteiger partial charge in [-0.25, -0.2) is 8.42 Å². The lowest BCUT2D eigenvalue weighted by Crippen LogP contribution is -2.48. The molecule has 130 valence electrons. The molecular weight excluding hydrogens is 348 g/mol. The summed E-state index contributed by atoms with van der Waals surface area (Å²) in [6, 6.07) is 7.18. The molecule has 24 heavy (non-hydrogen) atoms. The molecule has 2 heterocycles. The van der Waals surface area contributed by atoms with Crippen molar-refractivity contribution >= 4 is 21.6 Å². The van der Waals surface area contributed by atoms with Gasteiger partial charge in [0.15, 0.2) is 0 Å². The van der Waals surface area contributed by atoms with Crippen LogP contribution in [-0.2, 0) is 16.6 Å². The van der Waals surface area contributed by atoms with E-state index < -0.39 is 10.0 Å². The van der Waals surface area contributed by atoms with Gasteiger partial charge >= 0.3 is 0 Å². The molecule has 1 aromatic heterocycles. The van der Waals surface area contributed by atoms with Crippen molar-refractivity contribution in [1.29, 1.82) is 0 Å². The molecule has 0 saturated carbocycles. The number of furan rings is 1. The highest BCUT2D eigenvalue weighted by Gasteiger charge is 2.30. The lowest BCUT2D eigenvalue weighted by Gasteiger charge is -2.33. The van der Waals surface area contributed by atoms with Crippen LogP contribution < -0.4 is 0 Å². The number of aryl methyl sites for hydroxylation is 2. The molecule has 3 rings (SSSR count). The van der Waals surface area contributed by atoms with Crippen LogP contribution in [0, 0.1) is 13.8 Å². The van der Waals surface area contributed by atoms with Gasteiger partial charge in [-0.05, 0) is 49.2 Å². The maximum absolute atomic E-state index is 12.9. The van der Waals surface area contributed by atoms with Crippen LogP contribution >= 0.6 is 11.6 Å². The van der Waals surface area contributed by atoms with Gasteiger partial charge in [0.25, 0.3) is 0 Å². The summed E-state index contributed by atoms with van der Waals surface area (Å²) in [5, 5.41) is 0.592. The Labute approximate surface area is 147 Å². The first-order valence-corrected chi connectivity index (χ1v) is 9.71. The van der Waals surface area contributed by atoms with E-state index in [0.717, 1.165) is 11.3 Å². The first kappa shape index (κ1) is 17.5. The molecule has 0 bridgehead atoms. The fourth-order valence-corrected chi connectivity index (χ4v) is 4.85. The van der Waals surface area contributed by atoms with Crippen LogP contribution in [-0.4, -0.2) is 43.8 Å². The Kier molecular flexibility index (Phi) is 5.01. The molecule has 0 aliphatic carbocycles. The van der Waals surface area contributed by atoms with Crippen LogP contribution in [0.5, 0.6) is 0 Å². The summed E-state index contributed by atoms with van der Waals surface area (Å²) in [5.74, 6) is 0.899. The molecule has 1 saturated heterocycles. The van der Waals surface area contributed by atoms with E-state index in [1.54, 1.807) is 29.6 Å². The average Bonchev–Trinajstić information content (AvgIpc) is 3.04. The number of benzene rings is 1. The number of nitrogens with zero attached hydrogens (tertiary/aromatic N) is 2. The molecule has 0 atom stereocenters. The minimum Gasteiger partial charge on any atom is -0.468 e. The SMILES string of the molecule is Cc1cc(S(=O)(=O)N2CCN(Cc3ccco3)CC2)c(C)cc1Cl. The first-order valence-electron chi connectivity index (χ1n) is 7.89. The minimum atomic E-state index is -3.49. The van der Waals surface area contributed by atoms with Gasteiger partial charge in [-0.1, -0.05) is 11.6 Å². The predicted octanol–water partition coefficient (Wildman–Crippen LogP) is 3.06. The van der Waals surface area contributed by atoms with Crippen molar-refractivity contribution in [2.75, 3.05) is 26.2 Å². The van der Waals surface area contributed by atoms with Crippen molar-refractivity contribution in [2.24, 2.45) is 0 Å². The normalized spacial score (nSPS) is 17.3. The molecule has 0 spiro atoms. The van der Waals surface area contributed by atoms with Crippen molar-refractivity contribution < 1.29 is 12.8 Å². The quantitative estimate of drug-likeness (QED) is 0.832. The van der Waals surface area contributed by atoms with E-state index in [9.17, 15) is 8.42 Å². The first-order chi connectivity index (χ1) is 11.4. The van der Waals surface area contributed by atoms with E-state index in [1.807, 2.05) is 19.1 Å². The Bertz CT molecular complexity index is 811. The minimum absolute atomic E-state index is 0.351. The Morgan fingerprint density at radius 1 is 1.12 bits per heavy atom. The fourth-order valence-electron chi connectivity index (χ4n) is 2.92. The molecular formula is C17H21ClN2O3S. The topological polar surface area (TPSA) is 53.8 Å². The van der Waals surface area contributed by atoms with Gasteiger partial charge in [0, 0.05) is 31.2 Å². The molecule has 0 unspecified atom stereocenters. The molecule has 1 fully saturated rings. The third kappa shape index (κ3) is 3.52. The summed E-state index contributed by atoms with van der Waals surface area (Å²) in [4.78, 5) is 2.55. The van der Waals surface area contributed by atoms with Crippen LogP contribution in [0.1, 0.15) is 16.9 Å². The second kappa shape index (κ2) is 6.88. The van der Waals surface area contributed by atoms with Crippen molar-refractivity contribution in [1.82, 2.24) is 9.21 Å². The van der Waals surface area contributed by atoms with E-state index in [1.165, 1.54) is 0 Å². The van der Waals surface area contributed by atoms with Crippen LogP contribution in [0.4, 0.5) is 0 Å². The Hall–Kier alpha value is -1.34. The largest absolute Gasteiger partial charge is 0.468 e. The molecule has 1 aliphatic heterocycles. The van der Waals surface area contributed by atoms with Crippen LogP contribution in [0.2, 0.25) is 5.02 Å². The van der Waals surface area contributed by atoms with Crippen LogP contribution in [0.15, 0.2) is 39.8 Å². The lowest BCUT2D eigenvalue weighted by molar-refractivity contribution is 0.171. The third-order valence-electron chi connectivity index (χ3n) is 4.36. The summed E-state index contributed by atoms with van der Waals surface area (Å²) in [6.07, 6.45) is 1.65. The highest BCUT2D eigenvalue weighted by molar-refractivity contribution is 7.89. The Morgan fingerprint density at radius 2 is 1.83 bits per heavy atom. The van der Waals surface area contributed by atoms with Gasteiger partial charge in [0.1, 0.15) is 5.76 Å². The predicted molar refractivity (Wildman–Crippen MR) is 93.7 cm³/mol. The second-order valence-electron chi connectivity index (χ2n) is 6.13. The van der Waals surface area contributed by atoms with Gasteiger partial charge in [-0.3, -0.25) is 4.90 Å². The summed E-state index contributed by atoms with van der Waals surface area (Å²) in [6.45, 7) is 6.64. The van der Waals surface area contributed by atoms with E-state index in [4.69, 9.17) is 16.0 Å². The second-order valence-corrected chi connectivity index (χ2v) is 8.44. The summed E-state index contributed by atoms with van der Waals surface area (Å²) in [7, 11) is -3.49. The number of hydrogen-bond donors (Lipinski definition) is 0. The monoisotopic (exact) mass is 368 g/mol.